The van der Waals surface area contributed by atoms with Crippen LogP contribution in [-0.2, 0) is 4.79 Å². The van der Waals surface area contributed by atoms with Crippen LogP contribution in [0.5, 0.6) is 5.75 Å². The second-order valence-electron chi connectivity index (χ2n) is 4.84. The van der Waals surface area contributed by atoms with Crippen LogP contribution in [0.4, 0.5) is 0 Å². The molecule has 3 aromatic heterocycles. The first-order valence-corrected chi connectivity index (χ1v) is 7.67. The van der Waals surface area contributed by atoms with Crippen LogP contribution in [0, 0.1) is 0 Å². The zero-order valence-electron chi connectivity index (χ0n) is 11.7. The molecule has 1 atom stereocenters. The van der Waals surface area contributed by atoms with Crippen LogP contribution in [-0.4, -0.2) is 38.1 Å². The zero-order chi connectivity index (χ0) is 16.7. The van der Waals surface area contributed by atoms with Gasteiger partial charge in [-0.25, -0.2) is 9.97 Å². The lowest BCUT2D eigenvalue weighted by Gasteiger charge is -2.09. The van der Waals surface area contributed by atoms with E-state index < -0.39 is 17.9 Å². The lowest BCUT2D eigenvalue weighted by atomic mass is 10.2. The second kappa shape index (κ2) is 5.64. The number of carbonyl (C=O) groups excluding carboxylic acids is 1. The Hall–Kier alpha value is -2.45. The number of thiophene rings is 1. The molecule has 0 aromatic carbocycles. The van der Waals surface area contributed by atoms with E-state index in [1.54, 1.807) is 12.3 Å². The molecule has 0 aliphatic carbocycles. The predicted octanol–water partition coefficient (Wildman–Crippen LogP) is 2.41. The van der Waals surface area contributed by atoms with Crippen molar-refractivity contribution in [1.82, 2.24) is 15.3 Å². The first-order valence-electron chi connectivity index (χ1n) is 6.48. The summed E-state index contributed by atoms with van der Waals surface area (Å²) in [6, 6.07) is 0.563. The van der Waals surface area contributed by atoms with E-state index in [0.29, 0.717) is 15.2 Å². The van der Waals surface area contributed by atoms with Crippen molar-refractivity contribution in [2.24, 2.45) is 0 Å². The average Bonchev–Trinajstić information content (AvgIpc) is 2.86. The van der Waals surface area contributed by atoms with Gasteiger partial charge in [-0.1, -0.05) is 11.6 Å². The minimum atomic E-state index is -1.18. The maximum absolute atomic E-state index is 12.1. The van der Waals surface area contributed by atoms with Crippen molar-refractivity contribution >= 4 is 55.0 Å². The zero-order valence-corrected chi connectivity index (χ0v) is 13.3. The van der Waals surface area contributed by atoms with Crippen molar-refractivity contribution in [3.05, 3.63) is 29.3 Å². The monoisotopic (exact) mass is 351 g/mol. The van der Waals surface area contributed by atoms with E-state index in [4.69, 9.17) is 16.7 Å². The Bertz CT molecular complexity index is 956. The van der Waals surface area contributed by atoms with Crippen molar-refractivity contribution in [1.29, 1.82) is 0 Å². The highest BCUT2D eigenvalue weighted by molar-refractivity contribution is 7.26. The molecule has 0 unspecified atom stereocenters. The van der Waals surface area contributed by atoms with Crippen LogP contribution in [0.25, 0.3) is 20.2 Å². The number of nitrogens with one attached hydrogen (secondary N) is 1. The van der Waals surface area contributed by atoms with Gasteiger partial charge in [0.15, 0.2) is 11.4 Å². The molecule has 3 aromatic rings. The summed E-state index contributed by atoms with van der Waals surface area (Å²) < 4.78 is 1.25. The highest BCUT2D eigenvalue weighted by Crippen LogP contribution is 2.39. The topological polar surface area (TPSA) is 112 Å². The third-order valence-electron chi connectivity index (χ3n) is 3.28. The summed E-state index contributed by atoms with van der Waals surface area (Å²) in [4.78, 5) is 30.8. The predicted molar refractivity (Wildman–Crippen MR) is 86.2 cm³/mol. The number of nitrogens with zero attached hydrogens (tertiary/aromatic N) is 2. The van der Waals surface area contributed by atoms with Gasteiger partial charge < -0.3 is 15.5 Å². The number of carbonyl (C=O) groups is 2. The normalized spacial score (nSPS) is 12.4. The fourth-order valence-corrected chi connectivity index (χ4v) is 3.32. The van der Waals surface area contributed by atoms with Crippen LogP contribution >= 0.6 is 22.9 Å². The maximum Gasteiger partial charge on any atom is 0.325 e. The molecule has 0 radical (unpaired) electrons. The molecule has 7 nitrogen and oxygen atoms in total. The van der Waals surface area contributed by atoms with E-state index in [-0.39, 0.29) is 11.4 Å². The molecule has 3 rings (SSSR count). The van der Waals surface area contributed by atoms with Gasteiger partial charge in [0.25, 0.3) is 5.91 Å². The molecule has 1 amide bonds. The molecule has 9 heteroatoms. The van der Waals surface area contributed by atoms with Crippen LogP contribution < -0.4 is 5.32 Å². The number of hydrogen-bond acceptors (Lipinski definition) is 6. The largest absolute Gasteiger partial charge is 0.504 e. The number of aliphatic carboxylic acids is 1. The van der Waals surface area contributed by atoms with Crippen molar-refractivity contribution in [2.45, 2.75) is 13.0 Å². The fraction of sp³-hybridized carbons (Fsp3) is 0.143. The Morgan fingerprint density at radius 1 is 1.30 bits per heavy atom. The van der Waals surface area contributed by atoms with Crippen molar-refractivity contribution in [3.8, 4) is 5.75 Å². The van der Waals surface area contributed by atoms with Gasteiger partial charge in [-0.2, -0.15) is 0 Å². The van der Waals surface area contributed by atoms with Gasteiger partial charge in [0.2, 0.25) is 0 Å². The number of hydrogen-bond donors (Lipinski definition) is 3. The molecule has 0 fully saturated rings. The molecule has 0 saturated carbocycles. The molecule has 0 saturated heterocycles. The SMILES string of the molecule is C[C@H](NC(=O)c1ncc2c(sc3cnc(Cl)cc32)c1O)C(=O)O. The maximum atomic E-state index is 12.1. The van der Waals surface area contributed by atoms with Gasteiger partial charge >= 0.3 is 5.97 Å². The van der Waals surface area contributed by atoms with Crippen LogP contribution in [0.3, 0.4) is 0 Å². The van der Waals surface area contributed by atoms with E-state index in [0.717, 1.165) is 10.1 Å². The number of aromatic hydroxyl groups is 1. The lowest BCUT2D eigenvalue weighted by molar-refractivity contribution is -0.138. The van der Waals surface area contributed by atoms with Crippen molar-refractivity contribution in [3.63, 3.8) is 0 Å². The lowest BCUT2D eigenvalue weighted by Crippen LogP contribution is -2.38. The van der Waals surface area contributed by atoms with E-state index in [1.807, 2.05) is 0 Å². The van der Waals surface area contributed by atoms with E-state index in [9.17, 15) is 14.7 Å². The van der Waals surface area contributed by atoms with Gasteiger partial charge in [0.1, 0.15) is 11.2 Å². The third-order valence-corrected chi connectivity index (χ3v) is 4.65. The van der Waals surface area contributed by atoms with E-state index >= 15 is 0 Å². The molecule has 3 heterocycles. The summed E-state index contributed by atoms with van der Waals surface area (Å²) in [6.45, 7) is 1.32. The molecule has 0 bridgehead atoms. The number of fused-ring (bicyclic) bond motifs is 3. The number of amides is 1. The number of aromatic nitrogens is 2. The number of halogens is 1. The summed E-state index contributed by atoms with van der Waals surface area (Å²) in [6.07, 6.45) is 3.03. The number of pyridine rings is 2. The average molecular weight is 352 g/mol. The number of rotatable bonds is 3. The number of carboxylic acid groups (broad SMARTS) is 1. The summed E-state index contributed by atoms with van der Waals surface area (Å²) in [5, 5.41) is 23.1. The molecule has 0 aliphatic heterocycles. The Labute approximate surface area is 138 Å². The summed E-state index contributed by atoms with van der Waals surface area (Å²) in [5.74, 6) is -2.23. The van der Waals surface area contributed by atoms with Gasteiger partial charge in [0.05, 0.1) is 9.40 Å². The molecular weight excluding hydrogens is 342 g/mol. The standard InChI is InChI=1S/C14H10ClN3O4S/c1-5(14(21)22)18-13(20)10-11(19)12-7(3-17-10)6-2-9(15)16-4-8(6)23-12/h2-5,19H,1H3,(H,18,20)(H,21,22)/t5-/m0/s1. The van der Waals surface area contributed by atoms with Crippen molar-refractivity contribution < 1.29 is 19.8 Å². The summed E-state index contributed by atoms with van der Waals surface area (Å²) in [7, 11) is 0. The van der Waals surface area contributed by atoms with Crippen LogP contribution in [0.2, 0.25) is 5.15 Å². The third kappa shape index (κ3) is 2.66. The minimum Gasteiger partial charge on any atom is -0.504 e. The summed E-state index contributed by atoms with van der Waals surface area (Å²) in [5.41, 5.74) is -0.226. The highest BCUT2D eigenvalue weighted by Gasteiger charge is 2.22. The highest BCUT2D eigenvalue weighted by atomic mass is 35.5. The minimum absolute atomic E-state index is 0.226. The Morgan fingerprint density at radius 2 is 2.04 bits per heavy atom. The molecule has 0 spiro atoms. The van der Waals surface area contributed by atoms with E-state index in [2.05, 4.69) is 15.3 Å². The fourth-order valence-electron chi connectivity index (χ4n) is 2.09. The van der Waals surface area contributed by atoms with Crippen LogP contribution in [0.1, 0.15) is 17.4 Å². The first-order chi connectivity index (χ1) is 10.9. The summed E-state index contributed by atoms with van der Waals surface area (Å²) >= 11 is 7.12. The number of carboxylic acids is 1. The Balaban J connectivity index is 2.10. The smallest absolute Gasteiger partial charge is 0.325 e. The first kappa shape index (κ1) is 15.4. The van der Waals surface area contributed by atoms with Gasteiger partial charge in [0, 0.05) is 23.2 Å². The quantitative estimate of drug-likeness (QED) is 0.624. The Morgan fingerprint density at radius 3 is 2.74 bits per heavy atom. The Kier molecular flexibility index (Phi) is 3.78. The van der Waals surface area contributed by atoms with Gasteiger partial charge in [-0.05, 0) is 13.0 Å². The molecule has 23 heavy (non-hydrogen) atoms. The van der Waals surface area contributed by atoms with Gasteiger partial charge in [-0.3, -0.25) is 9.59 Å². The molecule has 3 N–H and O–H groups in total. The van der Waals surface area contributed by atoms with Crippen molar-refractivity contribution in [2.75, 3.05) is 0 Å². The molecular formula is C14H10ClN3O4S. The molecule has 118 valence electrons. The van der Waals surface area contributed by atoms with Gasteiger partial charge in [-0.15, -0.1) is 11.3 Å². The molecule has 0 aliphatic rings. The van der Waals surface area contributed by atoms with Crippen LogP contribution in [0.15, 0.2) is 18.5 Å². The van der Waals surface area contributed by atoms with E-state index in [1.165, 1.54) is 24.5 Å². The second-order valence-corrected chi connectivity index (χ2v) is 6.28.